The molecule has 3 amide bonds. The second-order valence-corrected chi connectivity index (χ2v) is 6.96. The van der Waals surface area contributed by atoms with Crippen molar-refractivity contribution < 1.29 is 9.59 Å². The van der Waals surface area contributed by atoms with E-state index >= 15 is 0 Å². The Bertz CT molecular complexity index is 653. The predicted molar refractivity (Wildman–Crippen MR) is 85.8 cm³/mol. The van der Waals surface area contributed by atoms with Gasteiger partial charge >= 0.3 is 6.03 Å². The van der Waals surface area contributed by atoms with E-state index in [-0.39, 0.29) is 0 Å². The van der Waals surface area contributed by atoms with Gasteiger partial charge in [0, 0.05) is 11.4 Å². The number of primary amides is 1. The summed E-state index contributed by atoms with van der Waals surface area (Å²) in [6, 6.07) is 3.25. The Kier molecular flexibility index (Phi) is 5.56. The third-order valence-electron chi connectivity index (χ3n) is 2.96. The minimum Gasteiger partial charge on any atom is -0.351 e. The molecule has 0 fully saturated rings. The van der Waals surface area contributed by atoms with E-state index in [4.69, 9.17) is 5.73 Å². The molecule has 0 bridgehead atoms. The average Bonchev–Trinajstić information content (AvgIpc) is 3.07. The van der Waals surface area contributed by atoms with Crippen molar-refractivity contribution >= 4 is 35.0 Å². The van der Waals surface area contributed by atoms with Gasteiger partial charge in [0.25, 0.3) is 0 Å². The molecule has 0 spiro atoms. The summed E-state index contributed by atoms with van der Waals surface area (Å²) in [5.74, 6) is 0.351. The monoisotopic (exact) mass is 339 g/mol. The number of imide groups is 1. The summed E-state index contributed by atoms with van der Waals surface area (Å²) in [5, 5.41) is 12.4. The van der Waals surface area contributed by atoms with Crippen molar-refractivity contribution in [1.82, 2.24) is 20.1 Å². The van der Waals surface area contributed by atoms with Crippen LogP contribution in [0.1, 0.15) is 17.6 Å². The van der Waals surface area contributed by atoms with Gasteiger partial charge in [0.2, 0.25) is 5.91 Å². The van der Waals surface area contributed by atoms with Crippen molar-refractivity contribution in [3.05, 3.63) is 28.2 Å². The predicted octanol–water partition coefficient (Wildman–Crippen LogP) is 1.57. The lowest BCUT2D eigenvalue weighted by Crippen LogP contribution is -2.39. The zero-order valence-corrected chi connectivity index (χ0v) is 13.9. The molecule has 0 unspecified atom stereocenters. The van der Waals surface area contributed by atoms with Gasteiger partial charge < -0.3 is 10.3 Å². The third-order valence-corrected chi connectivity index (χ3v) is 4.98. The molecule has 1 atom stereocenters. The maximum absolute atomic E-state index is 11.7. The van der Waals surface area contributed by atoms with Crippen molar-refractivity contribution in [3.8, 4) is 0 Å². The number of nitrogens with one attached hydrogen (secondary N) is 1. The third kappa shape index (κ3) is 4.31. The van der Waals surface area contributed by atoms with Gasteiger partial charge in [-0.15, -0.1) is 21.5 Å². The van der Waals surface area contributed by atoms with E-state index in [1.165, 1.54) is 16.6 Å². The molecule has 3 N–H and O–H groups in total. The molecule has 0 radical (unpaired) electrons. The number of carbonyl (C=O) groups is 2. The number of amides is 3. The molecule has 0 aliphatic carbocycles. The molecule has 0 saturated carbocycles. The molecule has 9 heteroatoms. The van der Waals surface area contributed by atoms with E-state index in [1.54, 1.807) is 18.3 Å². The molecule has 118 valence electrons. The Hall–Kier alpha value is -1.87. The number of hydrogen-bond acceptors (Lipinski definition) is 6. The second-order valence-electron chi connectivity index (χ2n) is 4.62. The fraction of sp³-hybridized carbons (Fsp3) is 0.385. The maximum Gasteiger partial charge on any atom is 0.318 e. The van der Waals surface area contributed by atoms with Crippen LogP contribution in [-0.4, -0.2) is 32.0 Å². The number of thioether (sulfide) groups is 1. The number of aryl methyl sites for hydroxylation is 2. The van der Waals surface area contributed by atoms with Gasteiger partial charge in [-0.25, -0.2) is 4.79 Å². The first-order valence-corrected chi connectivity index (χ1v) is 8.42. The summed E-state index contributed by atoms with van der Waals surface area (Å²) in [6.07, 6.45) is 0.881. The number of aromatic nitrogens is 3. The van der Waals surface area contributed by atoms with E-state index in [0.717, 1.165) is 18.8 Å². The minimum atomic E-state index is -0.854. The largest absolute Gasteiger partial charge is 0.351 e. The van der Waals surface area contributed by atoms with Crippen LogP contribution < -0.4 is 11.1 Å². The lowest BCUT2D eigenvalue weighted by molar-refractivity contribution is -0.119. The van der Waals surface area contributed by atoms with Gasteiger partial charge in [-0.1, -0.05) is 17.8 Å². The van der Waals surface area contributed by atoms with Crippen LogP contribution in [0.5, 0.6) is 0 Å². The highest BCUT2D eigenvalue weighted by atomic mass is 32.2. The van der Waals surface area contributed by atoms with Gasteiger partial charge in [-0.2, -0.15) is 0 Å². The molecule has 22 heavy (non-hydrogen) atoms. The molecule has 2 aromatic rings. The van der Waals surface area contributed by atoms with Crippen molar-refractivity contribution in [1.29, 1.82) is 0 Å². The van der Waals surface area contributed by atoms with Gasteiger partial charge in [-0.3, -0.25) is 10.1 Å². The fourth-order valence-corrected chi connectivity index (χ4v) is 3.44. The lowest BCUT2D eigenvalue weighted by atomic mass is 10.3. The molecule has 0 aromatic carbocycles. The summed E-state index contributed by atoms with van der Waals surface area (Å²) in [6.45, 7) is 4.31. The van der Waals surface area contributed by atoms with Gasteiger partial charge in [0.05, 0.1) is 5.25 Å². The first-order valence-electron chi connectivity index (χ1n) is 6.66. The minimum absolute atomic E-state index is 0.442. The summed E-state index contributed by atoms with van der Waals surface area (Å²) >= 11 is 2.96. The lowest BCUT2D eigenvalue weighted by Gasteiger charge is -2.11. The van der Waals surface area contributed by atoms with Crippen molar-refractivity contribution in [3.63, 3.8) is 0 Å². The number of nitrogens with two attached hydrogens (primary N) is 1. The summed E-state index contributed by atoms with van der Waals surface area (Å²) in [7, 11) is 0. The smallest absolute Gasteiger partial charge is 0.318 e. The number of thiophene rings is 1. The number of carbonyl (C=O) groups excluding carboxylic acids is 2. The van der Waals surface area contributed by atoms with E-state index in [9.17, 15) is 9.59 Å². The number of nitrogens with zero attached hydrogens (tertiary/aromatic N) is 3. The normalized spacial score (nSPS) is 12.1. The SMILES string of the molecule is Cc1nnc(S[C@@H](C)C(=O)NC(N)=O)n1CCc1cccs1. The van der Waals surface area contributed by atoms with Crippen LogP contribution in [0.2, 0.25) is 0 Å². The van der Waals surface area contributed by atoms with Crippen LogP contribution in [0.4, 0.5) is 4.79 Å². The van der Waals surface area contributed by atoms with Crippen LogP contribution in [0.15, 0.2) is 22.7 Å². The van der Waals surface area contributed by atoms with E-state index in [1.807, 2.05) is 22.9 Å². The van der Waals surface area contributed by atoms with Gasteiger partial charge in [-0.05, 0) is 31.7 Å². The van der Waals surface area contributed by atoms with Crippen LogP contribution in [-0.2, 0) is 17.8 Å². The maximum atomic E-state index is 11.7. The summed E-state index contributed by atoms with van der Waals surface area (Å²) < 4.78 is 1.97. The van der Waals surface area contributed by atoms with Crippen LogP contribution in [0, 0.1) is 6.92 Å². The van der Waals surface area contributed by atoms with E-state index in [2.05, 4.69) is 21.6 Å². The topological polar surface area (TPSA) is 103 Å². The Morgan fingerprint density at radius 1 is 1.50 bits per heavy atom. The molecular formula is C13H17N5O2S2. The molecule has 7 nitrogen and oxygen atoms in total. The molecule has 2 rings (SSSR count). The number of hydrogen-bond donors (Lipinski definition) is 2. The number of urea groups is 1. The first kappa shape index (κ1) is 16.5. The summed E-state index contributed by atoms with van der Waals surface area (Å²) in [4.78, 5) is 23.7. The number of rotatable bonds is 6. The Labute approximate surface area is 136 Å². The van der Waals surface area contributed by atoms with Gasteiger partial charge in [0.15, 0.2) is 5.16 Å². The zero-order chi connectivity index (χ0) is 16.1. The van der Waals surface area contributed by atoms with Gasteiger partial charge in [0.1, 0.15) is 5.82 Å². The zero-order valence-electron chi connectivity index (χ0n) is 12.3. The second kappa shape index (κ2) is 7.41. The average molecular weight is 339 g/mol. The molecule has 0 aliphatic heterocycles. The molecule has 0 aliphatic rings. The highest BCUT2D eigenvalue weighted by molar-refractivity contribution is 8.00. The van der Waals surface area contributed by atoms with E-state index in [0.29, 0.717) is 5.16 Å². The molecule has 0 saturated heterocycles. The van der Waals surface area contributed by atoms with E-state index < -0.39 is 17.2 Å². The fourth-order valence-electron chi connectivity index (χ4n) is 1.82. The summed E-state index contributed by atoms with van der Waals surface area (Å²) in [5.41, 5.74) is 4.95. The van der Waals surface area contributed by atoms with Crippen LogP contribution in [0.3, 0.4) is 0 Å². The first-order chi connectivity index (χ1) is 10.5. The van der Waals surface area contributed by atoms with Crippen LogP contribution in [0.25, 0.3) is 0 Å². The van der Waals surface area contributed by atoms with Crippen molar-refractivity contribution in [2.45, 2.75) is 37.2 Å². The Balaban J connectivity index is 2.02. The Morgan fingerprint density at radius 2 is 2.27 bits per heavy atom. The Morgan fingerprint density at radius 3 is 2.91 bits per heavy atom. The molecule has 2 aromatic heterocycles. The standard InChI is InChI=1S/C13H17N5O2S2/c1-8(11(19)15-12(14)20)22-13-17-16-9(2)18(13)6-5-10-4-3-7-21-10/h3-4,7-8H,5-6H2,1-2H3,(H3,14,15,19,20)/t8-/m0/s1. The van der Waals surface area contributed by atoms with Crippen LogP contribution >= 0.6 is 23.1 Å². The highest BCUT2D eigenvalue weighted by Crippen LogP contribution is 2.23. The van der Waals surface area contributed by atoms with Crippen molar-refractivity contribution in [2.24, 2.45) is 5.73 Å². The molecular weight excluding hydrogens is 322 g/mol. The van der Waals surface area contributed by atoms with Crippen molar-refractivity contribution in [2.75, 3.05) is 0 Å². The highest BCUT2D eigenvalue weighted by Gasteiger charge is 2.20. The quantitative estimate of drug-likeness (QED) is 0.778. The molecule has 2 heterocycles.